The van der Waals surface area contributed by atoms with Crippen LogP contribution in [0.1, 0.15) is 31.2 Å². The van der Waals surface area contributed by atoms with Crippen molar-refractivity contribution in [3.63, 3.8) is 0 Å². The Bertz CT molecular complexity index is 295. The van der Waals surface area contributed by atoms with Gasteiger partial charge in [0.1, 0.15) is 0 Å². The summed E-state index contributed by atoms with van der Waals surface area (Å²) < 4.78 is 0. The molecule has 0 spiro atoms. The van der Waals surface area contributed by atoms with Crippen molar-refractivity contribution in [1.82, 2.24) is 0 Å². The van der Waals surface area contributed by atoms with Crippen LogP contribution in [0.4, 0.5) is 0 Å². The first-order valence-corrected chi connectivity index (χ1v) is 5.48. The standard InChI is InChI=1S/C14H17/c1-2-5-9-13(8-4-1)12-14-10-6-3-7-11-14/h1,3,6-7,9-11H,2,4-5,8,12H2. The second-order valence-electron chi connectivity index (χ2n) is 3.93. The summed E-state index contributed by atoms with van der Waals surface area (Å²) in [6.45, 7) is 0. The van der Waals surface area contributed by atoms with Gasteiger partial charge in [-0.3, -0.25) is 0 Å². The van der Waals surface area contributed by atoms with E-state index in [1.165, 1.54) is 31.2 Å². The fourth-order valence-electron chi connectivity index (χ4n) is 1.96. The van der Waals surface area contributed by atoms with Gasteiger partial charge < -0.3 is 0 Å². The quantitative estimate of drug-likeness (QED) is 0.612. The molecule has 1 aliphatic rings. The molecule has 73 valence electrons. The molecule has 1 aromatic rings. The van der Waals surface area contributed by atoms with Crippen LogP contribution in [0, 0.1) is 6.42 Å². The molecule has 1 radical (unpaired) electrons. The normalized spacial score (nSPS) is 17.3. The van der Waals surface area contributed by atoms with Crippen LogP contribution >= 0.6 is 0 Å². The predicted molar refractivity (Wildman–Crippen MR) is 61.0 cm³/mol. The third-order valence-electron chi connectivity index (χ3n) is 2.75. The second-order valence-corrected chi connectivity index (χ2v) is 3.93. The number of rotatable bonds is 2. The Morgan fingerprint density at radius 3 is 2.64 bits per heavy atom. The minimum atomic E-state index is 1.15. The van der Waals surface area contributed by atoms with E-state index in [0.29, 0.717) is 0 Å². The van der Waals surface area contributed by atoms with E-state index in [1.54, 1.807) is 5.57 Å². The highest BCUT2D eigenvalue weighted by atomic mass is 14.1. The number of hydrogen-bond donors (Lipinski definition) is 0. The maximum absolute atomic E-state index is 2.43. The van der Waals surface area contributed by atoms with E-state index >= 15 is 0 Å². The number of benzene rings is 1. The topological polar surface area (TPSA) is 0 Å². The Morgan fingerprint density at radius 2 is 1.79 bits per heavy atom. The van der Waals surface area contributed by atoms with Crippen molar-refractivity contribution in [3.8, 4) is 0 Å². The molecule has 0 bridgehead atoms. The van der Waals surface area contributed by atoms with Gasteiger partial charge in [-0.1, -0.05) is 42.0 Å². The molecule has 1 aliphatic carbocycles. The van der Waals surface area contributed by atoms with Crippen LogP contribution in [0.25, 0.3) is 0 Å². The van der Waals surface area contributed by atoms with E-state index in [2.05, 4.69) is 42.8 Å². The molecule has 0 saturated carbocycles. The molecule has 0 saturated heterocycles. The molecule has 0 N–H and O–H groups in total. The van der Waals surface area contributed by atoms with Crippen molar-refractivity contribution in [3.05, 3.63) is 54.0 Å². The van der Waals surface area contributed by atoms with Crippen molar-refractivity contribution in [2.24, 2.45) is 0 Å². The highest BCUT2D eigenvalue weighted by Gasteiger charge is 2.03. The summed E-state index contributed by atoms with van der Waals surface area (Å²) in [5, 5.41) is 0. The molecule has 0 aromatic heterocycles. The minimum Gasteiger partial charge on any atom is -0.0850 e. The van der Waals surface area contributed by atoms with Gasteiger partial charge in [0.05, 0.1) is 0 Å². The lowest BCUT2D eigenvalue weighted by atomic mass is 10.0. The predicted octanol–water partition coefficient (Wildman–Crippen LogP) is 3.93. The molecule has 0 nitrogen and oxygen atoms in total. The molecular weight excluding hydrogens is 168 g/mol. The van der Waals surface area contributed by atoms with E-state index in [4.69, 9.17) is 0 Å². The zero-order valence-electron chi connectivity index (χ0n) is 8.58. The average molecular weight is 185 g/mol. The van der Waals surface area contributed by atoms with E-state index in [-0.39, 0.29) is 0 Å². The van der Waals surface area contributed by atoms with Gasteiger partial charge in [0.15, 0.2) is 0 Å². The molecule has 2 rings (SSSR count). The minimum absolute atomic E-state index is 1.15. The lowest BCUT2D eigenvalue weighted by Gasteiger charge is -2.04. The van der Waals surface area contributed by atoms with E-state index in [9.17, 15) is 0 Å². The van der Waals surface area contributed by atoms with Gasteiger partial charge in [-0.2, -0.15) is 0 Å². The Labute approximate surface area is 86.7 Å². The van der Waals surface area contributed by atoms with Gasteiger partial charge in [0, 0.05) is 0 Å². The molecule has 1 aromatic carbocycles. The smallest absolute Gasteiger partial charge is 0.00671 e. The average Bonchev–Trinajstić information content (AvgIpc) is 2.48. The van der Waals surface area contributed by atoms with Crippen LogP contribution in [0.3, 0.4) is 0 Å². The number of allylic oxidation sites excluding steroid dienone is 2. The first-order chi connectivity index (χ1) is 6.95. The fourth-order valence-corrected chi connectivity index (χ4v) is 1.96. The van der Waals surface area contributed by atoms with Crippen LogP contribution in [0.5, 0.6) is 0 Å². The van der Waals surface area contributed by atoms with Gasteiger partial charge in [-0.05, 0) is 44.1 Å². The molecule has 0 atom stereocenters. The maximum atomic E-state index is 2.43. The molecule has 0 heteroatoms. The van der Waals surface area contributed by atoms with Crippen LogP contribution in [0.2, 0.25) is 0 Å². The zero-order valence-corrected chi connectivity index (χ0v) is 8.58. The number of hydrogen-bond acceptors (Lipinski definition) is 0. The monoisotopic (exact) mass is 185 g/mol. The molecule has 0 fully saturated rings. The molecule has 0 amide bonds. The van der Waals surface area contributed by atoms with Crippen molar-refractivity contribution in [2.75, 3.05) is 0 Å². The summed E-state index contributed by atoms with van der Waals surface area (Å²) in [6.07, 6.45) is 11.0. The highest BCUT2D eigenvalue weighted by Crippen LogP contribution is 2.19. The van der Waals surface area contributed by atoms with Gasteiger partial charge in [0.25, 0.3) is 0 Å². The van der Waals surface area contributed by atoms with Crippen LogP contribution in [-0.2, 0) is 6.42 Å². The maximum Gasteiger partial charge on any atom is -0.00671 e. The van der Waals surface area contributed by atoms with E-state index in [0.717, 1.165) is 6.42 Å². The van der Waals surface area contributed by atoms with Crippen LogP contribution in [0.15, 0.2) is 42.0 Å². The van der Waals surface area contributed by atoms with Crippen LogP contribution < -0.4 is 0 Å². The first kappa shape index (κ1) is 9.51. The molecule has 0 unspecified atom stereocenters. The van der Waals surface area contributed by atoms with Crippen molar-refractivity contribution in [1.29, 1.82) is 0 Å². The van der Waals surface area contributed by atoms with Gasteiger partial charge >= 0.3 is 0 Å². The summed E-state index contributed by atoms with van der Waals surface area (Å²) in [7, 11) is 0. The van der Waals surface area contributed by atoms with E-state index < -0.39 is 0 Å². The molecular formula is C14H17. The Kier molecular flexibility index (Phi) is 3.39. The molecule has 14 heavy (non-hydrogen) atoms. The highest BCUT2D eigenvalue weighted by molar-refractivity contribution is 5.22. The molecule has 0 heterocycles. The van der Waals surface area contributed by atoms with Crippen LogP contribution in [-0.4, -0.2) is 0 Å². The Morgan fingerprint density at radius 1 is 0.929 bits per heavy atom. The summed E-state index contributed by atoms with van der Waals surface area (Å²) in [5.74, 6) is 0. The third-order valence-corrected chi connectivity index (χ3v) is 2.75. The van der Waals surface area contributed by atoms with Crippen molar-refractivity contribution < 1.29 is 0 Å². The summed E-state index contributed by atoms with van der Waals surface area (Å²) in [4.78, 5) is 0. The lowest BCUT2D eigenvalue weighted by molar-refractivity contribution is 0.863. The second kappa shape index (κ2) is 4.99. The Hall–Kier alpha value is -1.04. The van der Waals surface area contributed by atoms with Gasteiger partial charge in [-0.25, -0.2) is 0 Å². The largest absolute Gasteiger partial charge is 0.0850 e. The summed E-state index contributed by atoms with van der Waals surface area (Å²) in [6, 6.07) is 10.8. The fraction of sp³-hybridized carbons (Fsp3) is 0.357. The first-order valence-electron chi connectivity index (χ1n) is 5.48. The third kappa shape index (κ3) is 2.73. The Balaban J connectivity index is 1.99. The van der Waals surface area contributed by atoms with Crippen molar-refractivity contribution in [2.45, 2.75) is 32.1 Å². The summed E-state index contributed by atoms with van der Waals surface area (Å²) >= 11 is 0. The van der Waals surface area contributed by atoms with Gasteiger partial charge in [0.2, 0.25) is 0 Å². The SMILES string of the molecule is [CH]1CCC=C(Cc2ccccc2)CC1. The van der Waals surface area contributed by atoms with E-state index in [1.807, 2.05) is 0 Å². The zero-order chi connectivity index (χ0) is 9.64. The lowest BCUT2D eigenvalue weighted by Crippen LogP contribution is -1.89. The van der Waals surface area contributed by atoms with Crippen molar-refractivity contribution >= 4 is 0 Å². The summed E-state index contributed by atoms with van der Waals surface area (Å²) in [5.41, 5.74) is 3.06. The van der Waals surface area contributed by atoms with Gasteiger partial charge in [-0.15, -0.1) is 0 Å². The molecule has 0 aliphatic heterocycles.